The lowest BCUT2D eigenvalue weighted by atomic mass is 9.85. The topological polar surface area (TPSA) is 93.2 Å². The third-order valence-corrected chi connectivity index (χ3v) is 11.1. The molecule has 2 aliphatic rings. The molecule has 2 atom stereocenters. The molecule has 0 saturated heterocycles. The number of nitrogens with two attached hydrogens (primary N) is 2. The molecule has 0 saturated carbocycles. The van der Waals surface area contributed by atoms with E-state index in [0.29, 0.717) is 49.3 Å². The predicted octanol–water partition coefficient (Wildman–Crippen LogP) is 10.1. The van der Waals surface area contributed by atoms with E-state index in [0.717, 1.165) is 55.7 Å². The lowest BCUT2D eigenvalue weighted by molar-refractivity contribution is -0.137. The normalized spacial score (nSPS) is 16.8. The molecule has 2 aliphatic heterocycles. The Labute approximate surface area is 284 Å². The number of alkyl halides is 5. The predicted molar refractivity (Wildman–Crippen MR) is 181 cm³/mol. The third kappa shape index (κ3) is 7.22. The molecule has 252 valence electrons. The quantitative estimate of drug-likeness (QED) is 0.131. The highest BCUT2D eigenvalue weighted by Gasteiger charge is 2.34. The van der Waals surface area contributed by atoms with Crippen LogP contribution in [0.5, 0.6) is 0 Å². The highest BCUT2D eigenvalue weighted by atomic mass is 32.2. The van der Waals surface area contributed by atoms with Crippen molar-refractivity contribution in [3.05, 3.63) is 106 Å². The first-order chi connectivity index (χ1) is 22.9. The van der Waals surface area contributed by atoms with E-state index in [1.54, 1.807) is 24.3 Å². The molecule has 6 rings (SSSR count). The molecular formula is C36H35F5N4OS2. The summed E-state index contributed by atoms with van der Waals surface area (Å²) in [7, 11) is 0. The van der Waals surface area contributed by atoms with E-state index in [4.69, 9.17) is 11.5 Å². The van der Waals surface area contributed by atoms with Crippen LogP contribution in [-0.2, 0) is 12.1 Å². The van der Waals surface area contributed by atoms with E-state index in [1.807, 2.05) is 24.3 Å². The summed E-state index contributed by atoms with van der Waals surface area (Å²) < 4.78 is 68.9. The van der Waals surface area contributed by atoms with Gasteiger partial charge in [0.25, 0.3) is 5.92 Å². The zero-order valence-corrected chi connectivity index (χ0v) is 27.7. The van der Waals surface area contributed by atoms with Crippen LogP contribution in [0.1, 0.15) is 77.8 Å². The Balaban J connectivity index is 1.20. The second-order valence-electron chi connectivity index (χ2n) is 12.1. The summed E-state index contributed by atoms with van der Waals surface area (Å²) in [5.41, 5.74) is 15.4. The molecule has 2 heterocycles. The molecule has 4 aromatic carbocycles. The largest absolute Gasteiger partial charge is 0.416 e. The number of carbonyl (C=O) groups is 1. The van der Waals surface area contributed by atoms with Gasteiger partial charge in [-0.1, -0.05) is 41.7 Å². The van der Waals surface area contributed by atoms with Crippen LogP contribution in [0.15, 0.2) is 92.4 Å². The number of anilines is 2. The number of halogens is 5. The van der Waals surface area contributed by atoms with Crippen molar-refractivity contribution >= 4 is 40.9 Å². The van der Waals surface area contributed by atoms with Crippen LogP contribution in [0.2, 0.25) is 0 Å². The Morgan fingerprint density at radius 3 is 1.54 bits per heavy atom. The fourth-order valence-corrected chi connectivity index (χ4v) is 8.80. The Bertz CT molecular complexity index is 1710. The number of urea groups is 1. The number of nitrogens with one attached hydrogen (secondary N) is 2. The van der Waals surface area contributed by atoms with Gasteiger partial charge >= 0.3 is 12.2 Å². The van der Waals surface area contributed by atoms with Crippen LogP contribution in [0.3, 0.4) is 0 Å². The van der Waals surface area contributed by atoms with Gasteiger partial charge in [-0.05, 0) is 116 Å². The maximum absolute atomic E-state index is 14.2. The fraction of sp³-hybridized carbons (Fsp3) is 0.306. The maximum Gasteiger partial charge on any atom is 0.416 e. The van der Waals surface area contributed by atoms with E-state index in [1.165, 1.54) is 41.7 Å². The van der Waals surface area contributed by atoms with Gasteiger partial charge in [0.1, 0.15) is 0 Å². The van der Waals surface area contributed by atoms with Crippen molar-refractivity contribution in [1.82, 2.24) is 0 Å². The number of carbonyl (C=O) groups excluding carboxylic acids is 1. The van der Waals surface area contributed by atoms with Gasteiger partial charge in [-0.25, -0.2) is 13.6 Å². The molecule has 0 fully saturated rings. The number of hydrogen-bond donors (Lipinski definition) is 4. The van der Waals surface area contributed by atoms with E-state index >= 15 is 0 Å². The Hall–Kier alpha value is -3.58. The molecule has 0 radical (unpaired) electrons. The summed E-state index contributed by atoms with van der Waals surface area (Å²) in [6.07, 6.45) is -1.74. The maximum atomic E-state index is 14.2. The Kier molecular flexibility index (Phi) is 9.81. The minimum Gasteiger partial charge on any atom is -0.330 e. The monoisotopic (exact) mass is 698 g/mol. The van der Waals surface area contributed by atoms with Crippen molar-refractivity contribution in [3.63, 3.8) is 0 Å². The smallest absolute Gasteiger partial charge is 0.330 e. The molecule has 0 aromatic heterocycles. The van der Waals surface area contributed by atoms with Crippen molar-refractivity contribution in [1.29, 1.82) is 0 Å². The first-order valence-electron chi connectivity index (χ1n) is 15.7. The van der Waals surface area contributed by atoms with E-state index in [2.05, 4.69) is 10.6 Å². The molecule has 0 bridgehead atoms. The standard InChI is InChI=1S/C36H35F5N4OS2/c1-35(37,38)20-6-12-30-28(16-20)24(4-2-14-42)26-10-8-22(18-32(26)47-30)44-34(46)45-23-9-11-27-25(5-3-15-43)29-17-21(36(39,40)41)7-13-31(29)48-33(27)19-23/h6-13,16-19,24-25H,2-5,14-15,42-43H2,1H3,(H2,44,45,46). The zero-order valence-electron chi connectivity index (χ0n) is 26.1. The highest BCUT2D eigenvalue weighted by molar-refractivity contribution is 7.99. The van der Waals surface area contributed by atoms with E-state index in [-0.39, 0.29) is 17.4 Å². The van der Waals surface area contributed by atoms with E-state index < -0.39 is 23.7 Å². The van der Waals surface area contributed by atoms with Crippen LogP contribution >= 0.6 is 23.5 Å². The minimum absolute atomic E-state index is 0.0236. The number of hydrogen-bond acceptors (Lipinski definition) is 5. The second kappa shape index (κ2) is 13.7. The van der Waals surface area contributed by atoms with Crippen molar-refractivity contribution in [2.24, 2.45) is 11.5 Å². The summed E-state index contributed by atoms with van der Waals surface area (Å²) in [5, 5.41) is 5.77. The SMILES string of the molecule is CC(F)(F)c1ccc2c(c1)C(CCCN)c1ccc(NC(=O)Nc3ccc4c(c3)Sc3ccc(C(F)(F)F)cc3C4CCCN)cc1S2. The average molecular weight is 699 g/mol. The first kappa shape index (κ1) is 34.3. The molecule has 2 unspecified atom stereocenters. The lowest BCUT2D eigenvalue weighted by Crippen LogP contribution is -2.20. The lowest BCUT2D eigenvalue weighted by Gasteiger charge is -2.29. The van der Waals surface area contributed by atoms with Crippen LogP contribution in [-0.4, -0.2) is 19.1 Å². The van der Waals surface area contributed by atoms with Gasteiger partial charge in [0, 0.05) is 55.3 Å². The molecule has 48 heavy (non-hydrogen) atoms. The summed E-state index contributed by atoms with van der Waals surface area (Å²) in [4.78, 5) is 16.6. The van der Waals surface area contributed by atoms with Gasteiger partial charge in [-0.15, -0.1) is 0 Å². The summed E-state index contributed by atoms with van der Waals surface area (Å²) in [6, 6.07) is 19.3. The molecule has 0 spiro atoms. The average Bonchev–Trinajstić information content (AvgIpc) is 3.03. The number of fused-ring (bicyclic) bond motifs is 4. The number of benzene rings is 4. The first-order valence-corrected chi connectivity index (χ1v) is 17.3. The second-order valence-corrected chi connectivity index (χ2v) is 14.3. The summed E-state index contributed by atoms with van der Waals surface area (Å²) >= 11 is 2.86. The van der Waals surface area contributed by atoms with Gasteiger partial charge in [0.2, 0.25) is 0 Å². The van der Waals surface area contributed by atoms with Crippen LogP contribution in [0.4, 0.5) is 38.1 Å². The van der Waals surface area contributed by atoms with Crippen molar-refractivity contribution in [2.45, 2.75) is 76.1 Å². The summed E-state index contributed by atoms with van der Waals surface area (Å²) in [6.45, 7) is 1.81. The minimum atomic E-state index is -4.44. The zero-order chi connectivity index (χ0) is 34.2. The molecule has 4 aromatic rings. The summed E-state index contributed by atoms with van der Waals surface area (Å²) in [5.74, 6) is -3.30. The van der Waals surface area contributed by atoms with Gasteiger partial charge in [0.15, 0.2) is 0 Å². The van der Waals surface area contributed by atoms with Crippen LogP contribution < -0.4 is 22.1 Å². The fourth-order valence-electron chi connectivity index (χ4n) is 6.38. The van der Waals surface area contributed by atoms with Gasteiger partial charge < -0.3 is 22.1 Å². The molecule has 2 amide bonds. The molecule has 0 aliphatic carbocycles. The Morgan fingerprint density at radius 2 is 1.10 bits per heavy atom. The third-order valence-electron chi connectivity index (χ3n) is 8.73. The van der Waals surface area contributed by atoms with Crippen molar-refractivity contribution in [3.8, 4) is 0 Å². The Morgan fingerprint density at radius 1 is 0.646 bits per heavy atom. The van der Waals surface area contributed by atoms with E-state index in [9.17, 15) is 26.7 Å². The molecule has 12 heteroatoms. The van der Waals surface area contributed by atoms with Crippen molar-refractivity contribution < 1.29 is 26.7 Å². The van der Waals surface area contributed by atoms with Gasteiger partial charge in [0.05, 0.1) is 5.56 Å². The molecule has 6 N–H and O–H groups in total. The van der Waals surface area contributed by atoms with Gasteiger partial charge in [-0.3, -0.25) is 0 Å². The number of rotatable bonds is 9. The molecular weight excluding hydrogens is 664 g/mol. The van der Waals surface area contributed by atoms with Crippen LogP contribution in [0, 0.1) is 0 Å². The number of amides is 2. The highest BCUT2D eigenvalue weighted by Crippen LogP contribution is 2.51. The van der Waals surface area contributed by atoms with Crippen molar-refractivity contribution in [2.75, 3.05) is 23.7 Å². The molecule has 5 nitrogen and oxygen atoms in total. The van der Waals surface area contributed by atoms with Crippen LogP contribution in [0.25, 0.3) is 0 Å². The van der Waals surface area contributed by atoms with Gasteiger partial charge in [-0.2, -0.15) is 13.2 Å².